The van der Waals surface area contributed by atoms with Gasteiger partial charge in [0.1, 0.15) is 11.6 Å². The minimum atomic E-state index is -3.47. The Kier molecular flexibility index (Phi) is 6.84. The van der Waals surface area contributed by atoms with Crippen LogP contribution in [0.1, 0.15) is 0 Å². The number of nitrogens with one attached hydrogen (secondary N) is 2. The van der Waals surface area contributed by atoms with Crippen LogP contribution in [0.5, 0.6) is 5.75 Å². The van der Waals surface area contributed by atoms with Gasteiger partial charge in [-0.25, -0.2) is 21.8 Å². The maximum Gasteiger partial charge on any atom is 0.229 e. The van der Waals surface area contributed by atoms with Gasteiger partial charge in [-0.1, -0.05) is 24.3 Å². The zero-order valence-corrected chi connectivity index (χ0v) is 22.5. The van der Waals surface area contributed by atoms with Gasteiger partial charge in [-0.15, -0.1) is 0 Å². The highest BCUT2D eigenvalue weighted by Gasteiger charge is 2.23. The first-order valence-electron chi connectivity index (χ1n) is 11.9. The molecule has 1 aliphatic heterocycles. The predicted molar refractivity (Wildman–Crippen MR) is 150 cm³/mol. The van der Waals surface area contributed by atoms with Crippen LogP contribution in [-0.4, -0.2) is 64.8 Å². The molecule has 0 unspecified atom stereocenters. The fourth-order valence-electron chi connectivity index (χ4n) is 4.32. The highest BCUT2D eigenvalue weighted by molar-refractivity contribution is 7.91. The number of ether oxygens (including phenoxy) is 1. The summed E-state index contributed by atoms with van der Waals surface area (Å²) in [4.78, 5) is 11.5. The van der Waals surface area contributed by atoms with Crippen LogP contribution in [0.2, 0.25) is 0 Å². The Hall–Kier alpha value is -3.90. The van der Waals surface area contributed by atoms with Gasteiger partial charge in [0.05, 0.1) is 40.4 Å². The first-order valence-corrected chi connectivity index (χ1v) is 15.6. The van der Waals surface area contributed by atoms with Crippen molar-refractivity contribution in [1.29, 1.82) is 0 Å². The monoisotopic (exact) mass is 553 g/mol. The molecule has 0 amide bonds. The standard InChI is InChI=1S/C26H27N5O5S2/c1-36-23-17-18(31-13-15-38(34,35)16-14-31)11-12-21(23)29-26-28-20-8-4-3-7-19(20)25(30-26)27-22-9-5-6-10-24(22)37(2,32)33/h3-12,17H,13-16H2,1-2H3,(H2,27,28,29,30). The van der Waals surface area contributed by atoms with E-state index in [-0.39, 0.29) is 22.3 Å². The van der Waals surface area contributed by atoms with Crippen LogP contribution in [0.15, 0.2) is 71.6 Å². The van der Waals surface area contributed by atoms with E-state index in [1.807, 2.05) is 47.4 Å². The van der Waals surface area contributed by atoms with Gasteiger partial charge in [-0.2, -0.15) is 4.98 Å². The third kappa shape index (κ3) is 5.50. The molecule has 0 spiro atoms. The zero-order valence-electron chi connectivity index (χ0n) is 20.9. The Morgan fingerprint density at radius 1 is 0.895 bits per heavy atom. The summed E-state index contributed by atoms with van der Waals surface area (Å²) in [5.41, 5.74) is 2.56. The number of hydrogen-bond donors (Lipinski definition) is 2. The van der Waals surface area contributed by atoms with Crippen LogP contribution in [0.4, 0.5) is 28.8 Å². The fourth-order valence-corrected chi connectivity index (χ4v) is 6.37. The summed E-state index contributed by atoms with van der Waals surface area (Å²) in [7, 11) is -4.90. The van der Waals surface area contributed by atoms with Gasteiger partial charge in [0, 0.05) is 36.5 Å². The molecule has 1 aromatic heterocycles. The molecule has 2 heterocycles. The average Bonchev–Trinajstić information content (AvgIpc) is 2.89. The molecule has 0 atom stereocenters. The van der Waals surface area contributed by atoms with Crippen molar-refractivity contribution in [2.24, 2.45) is 0 Å². The summed E-state index contributed by atoms with van der Waals surface area (Å²) in [5, 5.41) is 7.11. The van der Waals surface area contributed by atoms with Crippen LogP contribution in [0.3, 0.4) is 0 Å². The van der Waals surface area contributed by atoms with Crippen molar-refractivity contribution in [3.63, 3.8) is 0 Å². The zero-order chi connectivity index (χ0) is 26.9. The third-order valence-electron chi connectivity index (χ3n) is 6.28. The SMILES string of the molecule is COc1cc(N2CCS(=O)(=O)CC2)ccc1Nc1nc(Nc2ccccc2S(C)(=O)=O)c2ccccc2n1. The molecule has 5 rings (SSSR count). The normalized spacial score (nSPS) is 15.3. The molecule has 0 saturated carbocycles. The van der Waals surface area contributed by atoms with Crippen LogP contribution in [0, 0.1) is 0 Å². The predicted octanol–water partition coefficient (Wildman–Crippen LogP) is 3.76. The summed E-state index contributed by atoms with van der Waals surface area (Å²) in [6, 6.07) is 19.7. The van der Waals surface area contributed by atoms with E-state index in [0.717, 1.165) is 17.3 Å². The smallest absolute Gasteiger partial charge is 0.229 e. The minimum absolute atomic E-state index is 0.123. The van der Waals surface area contributed by atoms with Crippen LogP contribution in [-0.2, 0) is 19.7 Å². The molecule has 0 bridgehead atoms. The Bertz CT molecular complexity index is 1710. The molecule has 3 aromatic carbocycles. The van der Waals surface area contributed by atoms with Crippen molar-refractivity contribution in [2.75, 3.05) is 53.5 Å². The van der Waals surface area contributed by atoms with Crippen LogP contribution < -0.4 is 20.3 Å². The molecule has 198 valence electrons. The van der Waals surface area contributed by atoms with Crippen molar-refractivity contribution >= 4 is 59.4 Å². The van der Waals surface area contributed by atoms with Gasteiger partial charge in [0.2, 0.25) is 5.95 Å². The van der Waals surface area contributed by atoms with E-state index < -0.39 is 19.7 Å². The second kappa shape index (κ2) is 10.1. The van der Waals surface area contributed by atoms with E-state index >= 15 is 0 Å². The second-order valence-corrected chi connectivity index (χ2v) is 13.2. The highest BCUT2D eigenvalue weighted by atomic mass is 32.2. The van der Waals surface area contributed by atoms with Crippen molar-refractivity contribution in [3.05, 3.63) is 66.7 Å². The molecule has 38 heavy (non-hydrogen) atoms. The van der Waals surface area contributed by atoms with E-state index in [1.54, 1.807) is 31.4 Å². The maximum absolute atomic E-state index is 12.3. The summed E-state index contributed by atoms with van der Waals surface area (Å²) < 4.78 is 53.9. The molecule has 0 radical (unpaired) electrons. The van der Waals surface area contributed by atoms with Gasteiger partial charge in [0.25, 0.3) is 0 Å². The molecule has 12 heteroatoms. The lowest BCUT2D eigenvalue weighted by atomic mass is 10.2. The lowest BCUT2D eigenvalue weighted by molar-refractivity contribution is 0.416. The minimum Gasteiger partial charge on any atom is -0.494 e. The number of hydrogen-bond acceptors (Lipinski definition) is 10. The van der Waals surface area contributed by atoms with E-state index in [2.05, 4.69) is 20.6 Å². The van der Waals surface area contributed by atoms with Crippen molar-refractivity contribution in [3.8, 4) is 5.75 Å². The number of anilines is 5. The molecule has 4 aromatic rings. The second-order valence-electron chi connectivity index (χ2n) is 8.95. The molecule has 1 aliphatic rings. The maximum atomic E-state index is 12.3. The number of benzene rings is 3. The summed E-state index contributed by atoms with van der Waals surface area (Å²) in [6.07, 6.45) is 1.16. The molecular weight excluding hydrogens is 526 g/mol. The van der Waals surface area contributed by atoms with Gasteiger partial charge >= 0.3 is 0 Å². The van der Waals surface area contributed by atoms with Crippen molar-refractivity contribution in [2.45, 2.75) is 4.90 Å². The average molecular weight is 554 g/mol. The van der Waals surface area contributed by atoms with Gasteiger partial charge in [0.15, 0.2) is 19.7 Å². The van der Waals surface area contributed by atoms with Gasteiger partial charge < -0.3 is 20.3 Å². The van der Waals surface area contributed by atoms with Crippen molar-refractivity contribution < 1.29 is 21.6 Å². The molecule has 0 aliphatic carbocycles. The lowest BCUT2D eigenvalue weighted by Crippen LogP contribution is -2.40. The molecule has 2 N–H and O–H groups in total. The highest BCUT2D eigenvalue weighted by Crippen LogP contribution is 2.34. The molecule has 1 saturated heterocycles. The summed E-state index contributed by atoms with van der Waals surface area (Å²) in [5.74, 6) is 1.53. The first kappa shape index (κ1) is 25.7. The number of fused-ring (bicyclic) bond motifs is 1. The van der Waals surface area contributed by atoms with E-state index in [1.165, 1.54) is 0 Å². The first-order chi connectivity index (χ1) is 18.1. The Balaban J connectivity index is 1.48. The summed E-state index contributed by atoms with van der Waals surface area (Å²) >= 11 is 0. The Morgan fingerprint density at radius 2 is 1.61 bits per heavy atom. The number of sulfone groups is 2. The number of rotatable bonds is 7. The van der Waals surface area contributed by atoms with Gasteiger partial charge in [-0.3, -0.25) is 0 Å². The molecular formula is C26H27N5O5S2. The molecule has 1 fully saturated rings. The number of methoxy groups -OCH3 is 1. The van der Waals surface area contributed by atoms with Crippen molar-refractivity contribution in [1.82, 2.24) is 9.97 Å². The third-order valence-corrected chi connectivity index (χ3v) is 9.05. The Morgan fingerprint density at radius 3 is 2.34 bits per heavy atom. The van der Waals surface area contributed by atoms with E-state index in [4.69, 9.17) is 4.74 Å². The number of para-hydroxylation sites is 2. The summed E-state index contributed by atoms with van der Waals surface area (Å²) in [6.45, 7) is 0.853. The topological polar surface area (TPSA) is 131 Å². The van der Waals surface area contributed by atoms with E-state index in [0.29, 0.717) is 41.5 Å². The molecule has 10 nitrogen and oxygen atoms in total. The van der Waals surface area contributed by atoms with E-state index in [9.17, 15) is 16.8 Å². The lowest BCUT2D eigenvalue weighted by Gasteiger charge is -2.29. The largest absolute Gasteiger partial charge is 0.494 e. The fraction of sp³-hybridized carbons (Fsp3) is 0.231. The quantitative estimate of drug-likeness (QED) is 0.349. The van der Waals surface area contributed by atoms with Gasteiger partial charge in [-0.05, 0) is 36.4 Å². The Labute approximate surface area is 221 Å². The number of nitrogens with zero attached hydrogens (tertiary/aromatic N) is 3. The van der Waals surface area contributed by atoms with Crippen LogP contribution in [0.25, 0.3) is 10.9 Å². The van der Waals surface area contributed by atoms with Crippen LogP contribution >= 0.6 is 0 Å². The number of aromatic nitrogens is 2.